The Morgan fingerprint density at radius 1 is 0.939 bits per heavy atom. The molecule has 170 valence electrons. The summed E-state index contributed by atoms with van der Waals surface area (Å²) in [4.78, 5) is 38.0. The van der Waals surface area contributed by atoms with Crippen LogP contribution in [0.3, 0.4) is 0 Å². The summed E-state index contributed by atoms with van der Waals surface area (Å²) in [6, 6.07) is 14.2. The Labute approximate surface area is 191 Å². The Morgan fingerprint density at radius 2 is 1.61 bits per heavy atom. The van der Waals surface area contributed by atoms with Gasteiger partial charge in [0.2, 0.25) is 21.8 Å². The van der Waals surface area contributed by atoms with Gasteiger partial charge in [-0.3, -0.25) is 19.8 Å². The predicted octanol–water partition coefficient (Wildman–Crippen LogP) is 0.863. The average molecular weight is 468 g/mol. The number of rotatable bonds is 4. The highest BCUT2D eigenvalue weighted by molar-refractivity contribution is 7.89. The Hall–Kier alpha value is -3.75. The number of hydrogen-bond acceptors (Lipinski definition) is 6. The summed E-state index contributed by atoms with van der Waals surface area (Å²) in [6.45, 7) is 0.630. The number of sulfonamides is 1. The molecular formula is C22H21N5O5S. The van der Waals surface area contributed by atoms with Gasteiger partial charge < -0.3 is 4.90 Å². The van der Waals surface area contributed by atoms with Crippen LogP contribution < -0.4 is 10.4 Å². The highest BCUT2D eigenvalue weighted by Crippen LogP contribution is 2.22. The maximum absolute atomic E-state index is 13.0. The van der Waals surface area contributed by atoms with Crippen LogP contribution in [0.25, 0.3) is 0 Å². The average Bonchev–Trinajstić information content (AvgIpc) is 2.85. The van der Waals surface area contributed by atoms with Crippen LogP contribution in [0.5, 0.6) is 0 Å². The molecule has 2 aliphatic rings. The van der Waals surface area contributed by atoms with Gasteiger partial charge in [0, 0.05) is 44.6 Å². The minimum absolute atomic E-state index is 0.0396. The largest absolute Gasteiger partial charge is 0.336 e. The van der Waals surface area contributed by atoms with Crippen molar-refractivity contribution in [3.63, 3.8) is 0 Å². The molecule has 2 saturated heterocycles. The number of nitrogens with zero attached hydrogens (tertiary/aromatic N) is 4. The minimum Gasteiger partial charge on any atom is -0.336 e. The zero-order valence-electron chi connectivity index (χ0n) is 17.6. The summed E-state index contributed by atoms with van der Waals surface area (Å²) in [5, 5.41) is 10.4. The smallest absolute Gasteiger partial charge is 0.253 e. The number of amides is 3. The highest BCUT2D eigenvalue weighted by atomic mass is 32.2. The van der Waals surface area contributed by atoms with E-state index < -0.39 is 10.0 Å². The summed E-state index contributed by atoms with van der Waals surface area (Å²) in [6.07, 6.45) is 0.272. The second-order valence-corrected chi connectivity index (χ2v) is 9.52. The first-order valence-electron chi connectivity index (χ1n) is 10.3. The van der Waals surface area contributed by atoms with Gasteiger partial charge in [-0.05, 0) is 36.4 Å². The molecule has 2 heterocycles. The quantitative estimate of drug-likeness (QED) is 0.710. The summed E-state index contributed by atoms with van der Waals surface area (Å²) in [7, 11) is -3.85. The third-order valence-corrected chi connectivity index (χ3v) is 7.53. The molecule has 2 aliphatic heterocycles. The lowest BCUT2D eigenvalue weighted by atomic mass is 10.1. The fourth-order valence-corrected chi connectivity index (χ4v) is 5.34. The number of carbonyl (C=O) groups excluding carboxylic acids is 3. The van der Waals surface area contributed by atoms with Crippen LogP contribution in [0, 0.1) is 11.3 Å². The van der Waals surface area contributed by atoms with Crippen LogP contribution in [0.15, 0.2) is 53.4 Å². The first-order chi connectivity index (χ1) is 15.8. The van der Waals surface area contributed by atoms with Crippen LogP contribution in [-0.2, 0) is 19.6 Å². The van der Waals surface area contributed by atoms with Gasteiger partial charge in [0.15, 0.2) is 0 Å². The third-order valence-electron chi connectivity index (χ3n) is 5.58. The van der Waals surface area contributed by atoms with Crippen molar-refractivity contribution >= 4 is 33.4 Å². The standard InChI is InChI=1S/C22H21N5O5S/c23-15-17-3-1-2-4-19(17)33(31,32)26-13-11-25(12-14-26)22(30)16-5-7-18(8-6-16)27-21(29)10-9-20(28)24-27/h1-8H,9-14H2,(H,24,28). The zero-order valence-corrected chi connectivity index (χ0v) is 18.4. The molecule has 11 heteroatoms. The van der Waals surface area contributed by atoms with Crippen molar-refractivity contribution in [1.29, 1.82) is 5.26 Å². The van der Waals surface area contributed by atoms with E-state index in [0.29, 0.717) is 11.3 Å². The molecule has 0 spiro atoms. The Kier molecular flexibility index (Phi) is 6.13. The van der Waals surface area contributed by atoms with Crippen molar-refractivity contribution in [2.45, 2.75) is 17.7 Å². The molecule has 0 radical (unpaired) electrons. The number of nitrogens with one attached hydrogen (secondary N) is 1. The minimum atomic E-state index is -3.85. The molecule has 0 bridgehead atoms. The molecule has 2 aromatic carbocycles. The predicted molar refractivity (Wildman–Crippen MR) is 117 cm³/mol. The van der Waals surface area contributed by atoms with E-state index in [1.54, 1.807) is 41.3 Å². The molecule has 0 aromatic heterocycles. The fourth-order valence-electron chi connectivity index (χ4n) is 3.77. The van der Waals surface area contributed by atoms with E-state index in [0.717, 1.165) is 0 Å². The molecule has 3 amide bonds. The lowest BCUT2D eigenvalue weighted by Gasteiger charge is -2.34. The van der Waals surface area contributed by atoms with Crippen LogP contribution in [0.1, 0.15) is 28.8 Å². The Balaban J connectivity index is 1.42. The molecule has 33 heavy (non-hydrogen) atoms. The molecule has 0 aliphatic carbocycles. The molecule has 10 nitrogen and oxygen atoms in total. The summed E-state index contributed by atoms with van der Waals surface area (Å²) in [5.41, 5.74) is 3.43. The Bertz CT molecular complexity index is 1240. The molecule has 0 saturated carbocycles. The maximum Gasteiger partial charge on any atom is 0.253 e. The first-order valence-corrected chi connectivity index (χ1v) is 11.8. The maximum atomic E-state index is 13.0. The van der Waals surface area contributed by atoms with Crippen LogP contribution in [-0.4, -0.2) is 61.5 Å². The highest BCUT2D eigenvalue weighted by Gasteiger charge is 2.32. The van der Waals surface area contributed by atoms with Gasteiger partial charge in [-0.25, -0.2) is 13.4 Å². The first kappa shape index (κ1) is 22.4. The number of anilines is 1. The van der Waals surface area contributed by atoms with Crippen molar-refractivity contribution in [3.05, 3.63) is 59.7 Å². The third kappa shape index (κ3) is 4.44. The topological polar surface area (TPSA) is 131 Å². The lowest BCUT2D eigenvalue weighted by molar-refractivity contribution is -0.130. The van der Waals surface area contributed by atoms with Crippen molar-refractivity contribution in [2.24, 2.45) is 0 Å². The van der Waals surface area contributed by atoms with Gasteiger partial charge in [0.25, 0.3) is 5.91 Å². The van der Waals surface area contributed by atoms with Crippen LogP contribution in [0.4, 0.5) is 5.69 Å². The molecule has 4 rings (SSSR count). The number of benzene rings is 2. The fraction of sp³-hybridized carbons (Fsp3) is 0.273. The van der Waals surface area contributed by atoms with Gasteiger partial charge >= 0.3 is 0 Å². The summed E-state index contributed by atoms with van der Waals surface area (Å²) in [5.74, 6) is -0.742. The van der Waals surface area contributed by atoms with Crippen molar-refractivity contribution in [2.75, 3.05) is 31.2 Å². The molecule has 0 atom stereocenters. The van der Waals surface area contributed by atoms with Crippen LogP contribution in [0.2, 0.25) is 0 Å². The number of nitriles is 1. The second-order valence-electron chi connectivity index (χ2n) is 7.62. The van der Waals surface area contributed by atoms with Gasteiger partial charge in [-0.2, -0.15) is 9.57 Å². The van der Waals surface area contributed by atoms with E-state index in [2.05, 4.69) is 5.43 Å². The van der Waals surface area contributed by atoms with E-state index in [1.807, 2.05) is 6.07 Å². The number of hydrogen-bond donors (Lipinski definition) is 1. The number of carbonyl (C=O) groups is 3. The summed E-state index contributed by atoms with van der Waals surface area (Å²) >= 11 is 0. The van der Waals surface area contributed by atoms with E-state index in [4.69, 9.17) is 0 Å². The van der Waals surface area contributed by atoms with E-state index in [-0.39, 0.29) is 67.2 Å². The van der Waals surface area contributed by atoms with Gasteiger partial charge in [-0.1, -0.05) is 12.1 Å². The van der Waals surface area contributed by atoms with Gasteiger partial charge in [0.1, 0.15) is 6.07 Å². The van der Waals surface area contributed by atoms with Crippen molar-refractivity contribution in [3.8, 4) is 6.07 Å². The van der Waals surface area contributed by atoms with Gasteiger partial charge in [0.05, 0.1) is 16.1 Å². The molecule has 1 N–H and O–H groups in total. The van der Waals surface area contributed by atoms with Gasteiger partial charge in [-0.15, -0.1) is 0 Å². The summed E-state index contributed by atoms with van der Waals surface area (Å²) < 4.78 is 27.2. The van der Waals surface area contributed by atoms with E-state index in [1.165, 1.54) is 21.4 Å². The lowest BCUT2D eigenvalue weighted by Crippen LogP contribution is -2.51. The SMILES string of the molecule is N#Cc1ccccc1S(=O)(=O)N1CCN(C(=O)c2ccc(N3NC(=O)CCC3=O)cc2)CC1. The molecule has 2 fully saturated rings. The number of piperazine rings is 1. The van der Waals surface area contributed by atoms with E-state index in [9.17, 15) is 28.1 Å². The van der Waals surface area contributed by atoms with Crippen molar-refractivity contribution < 1.29 is 22.8 Å². The normalized spacial score (nSPS) is 17.4. The zero-order chi connectivity index (χ0) is 23.6. The molecule has 2 aromatic rings. The van der Waals surface area contributed by atoms with E-state index >= 15 is 0 Å². The Morgan fingerprint density at radius 3 is 2.27 bits per heavy atom. The second kappa shape index (κ2) is 9.01. The van der Waals surface area contributed by atoms with Crippen molar-refractivity contribution in [1.82, 2.24) is 14.6 Å². The molecular weight excluding hydrogens is 446 g/mol. The monoisotopic (exact) mass is 467 g/mol. The molecule has 0 unspecified atom stereocenters. The van der Waals surface area contributed by atoms with Crippen LogP contribution >= 0.6 is 0 Å². The number of hydrazine groups is 1.